The van der Waals surface area contributed by atoms with Crippen LogP contribution in [0.3, 0.4) is 0 Å². The lowest BCUT2D eigenvalue weighted by atomic mass is 10.1. The van der Waals surface area contributed by atoms with E-state index in [1.54, 1.807) is 29.5 Å². The normalized spacial score (nSPS) is 10.8. The molecule has 0 bridgehead atoms. The van der Waals surface area contributed by atoms with Gasteiger partial charge in [-0.05, 0) is 18.1 Å². The number of rotatable bonds is 3. The van der Waals surface area contributed by atoms with Gasteiger partial charge in [0.1, 0.15) is 5.01 Å². The van der Waals surface area contributed by atoms with Crippen molar-refractivity contribution in [2.75, 3.05) is 0 Å². The fraction of sp³-hybridized carbons (Fsp3) is 0.231. The van der Waals surface area contributed by atoms with Crippen LogP contribution in [-0.4, -0.2) is 16.1 Å². The summed E-state index contributed by atoms with van der Waals surface area (Å²) >= 11 is 1.55. The van der Waals surface area contributed by atoms with Gasteiger partial charge in [0.05, 0.1) is 11.3 Å². The van der Waals surface area contributed by atoms with Gasteiger partial charge < -0.3 is 5.11 Å². The van der Waals surface area contributed by atoms with Crippen LogP contribution in [-0.2, 0) is 0 Å². The minimum absolute atomic E-state index is 0.295. The van der Waals surface area contributed by atoms with Gasteiger partial charge in [-0.15, -0.1) is 11.3 Å². The van der Waals surface area contributed by atoms with Gasteiger partial charge in [0.25, 0.3) is 0 Å². The largest absolute Gasteiger partial charge is 0.478 e. The summed E-state index contributed by atoms with van der Waals surface area (Å²) in [6.45, 7) is 4.18. The van der Waals surface area contributed by atoms with Crippen LogP contribution in [0.15, 0.2) is 29.6 Å². The number of nitrogens with zero attached hydrogens (tertiary/aromatic N) is 1. The molecule has 0 saturated carbocycles. The molecule has 0 atom stereocenters. The maximum atomic E-state index is 10.9. The van der Waals surface area contributed by atoms with Crippen molar-refractivity contribution in [3.8, 4) is 10.6 Å². The van der Waals surface area contributed by atoms with E-state index in [4.69, 9.17) is 5.11 Å². The number of hydrogen-bond acceptors (Lipinski definition) is 3. The Labute approximate surface area is 104 Å². The minimum atomic E-state index is -0.910. The first-order valence-electron chi connectivity index (χ1n) is 5.37. The van der Waals surface area contributed by atoms with Crippen LogP contribution in [0.5, 0.6) is 0 Å². The Hall–Kier alpha value is -1.68. The highest BCUT2D eigenvalue weighted by Crippen LogP contribution is 2.27. The number of carboxylic acids is 1. The average Bonchev–Trinajstić information content (AvgIpc) is 2.78. The van der Waals surface area contributed by atoms with Crippen LogP contribution in [0.2, 0.25) is 0 Å². The predicted molar refractivity (Wildman–Crippen MR) is 68.6 cm³/mol. The van der Waals surface area contributed by atoms with Crippen molar-refractivity contribution in [1.82, 2.24) is 4.98 Å². The Bertz CT molecular complexity index is 546. The summed E-state index contributed by atoms with van der Waals surface area (Å²) in [4.78, 5) is 15.4. The maximum Gasteiger partial charge on any atom is 0.335 e. The van der Waals surface area contributed by atoms with Crippen LogP contribution >= 0.6 is 11.3 Å². The number of aromatic carboxylic acids is 1. The minimum Gasteiger partial charge on any atom is -0.478 e. The zero-order valence-corrected chi connectivity index (χ0v) is 10.5. The van der Waals surface area contributed by atoms with Crippen LogP contribution < -0.4 is 0 Å². The SMILES string of the molecule is CC(C)c1csc(-c2cccc(C(=O)O)c2)n1. The van der Waals surface area contributed by atoms with Gasteiger partial charge in [0.15, 0.2) is 0 Å². The Balaban J connectivity index is 2.38. The van der Waals surface area contributed by atoms with Crippen LogP contribution in [0.25, 0.3) is 10.6 Å². The second kappa shape index (κ2) is 4.67. The molecule has 0 unspecified atom stereocenters. The van der Waals surface area contributed by atoms with Gasteiger partial charge in [-0.2, -0.15) is 0 Å². The molecule has 17 heavy (non-hydrogen) atoms. The van der Waals surface area contributed by atoms with E-state index in [1.807, 2.05) is 11.4 Å². The monoisotopic (exact) mass is 247 g/mol. The first-order valence-corrected chi connectivity index (χ1v) is 6.25. The van der Waals surface area contributed by atoms with Gasteiger partial charge >= 0.3 is 5.97 Å². The van der Waals surface area contributed by atoms with Crippen molar-refractivity contribution in [1.29, 1.82) is 0 Å². The summed E-state index contributed by atoms with van der Waals surface area (Å²) in [6, 6.07) is 6.87. The molecule has 0 spiro atoms. The van der Waals surface area contributed by atoms with Crippen molar-refractivity contribution in [2.45, 2.75) is 19.8 Å². The fourth-order valence-electron chi connectivity index (χ4n) is 1.47. The molecule has 88 valence electrons. The van der Waals surface area contributed by atoms with E-state index in [-0.39, 0.29) is 0 Å². The molecule has 0 fully saturated rings. The summed E-state index contributed by atoms with van der Waals surface area (Å²) in [7, 11) is 0. The third-order valence-electron chi connectivity index (χ3n) is 2.47. The molecule has 1 heterocycles. The summed E-state index contributed by atoms with van der Waals surface area (Å²) < 4.78 is 0. The fourth-order valence-corrected chi connectivity index (χ4v) is 2.45. The number of aromatic nitrogens is 1. The number of thiazole rings is 1. The first-order chi connectivity index (χ1) is 8.08. The zero-order chi connectivity index (χ0) is 12.4. The average molecular weight is 247 g/mol. The molecule has 2 aromatic rings. The number of benzene rings is 1. The maximum absolute atomic E-state index is 10.9. The van der Waals surface area contributed by atoms with Crippen LogP contribution in [0, 0.1) is 0 Å². The van der Waals surface area contributed by atoms with E-state index in [0.717, 1.165) is 16.3 Å². The Morgan fingerprint density at radius 1 is 1.41 bits per heavy atom. The van der Waals surface area contributed by atoms with Gasteiger partial charge in [-0.3, -0.25) is 0 Å². The summed E-state index contributed by atoms with van der Waals surface area (Å²) in [5, 5.41) is 11.8. The number of carboxylic acid groups (broad SMARTS) is 1. The van der Waals surface area contributed by atoms with E-state index in [0.29, 0.717) is 11.5 Å². The second-order valence-electron chi connectivity index (χ2n) is 4.12. The smallest absolute Gasteiger partial charge is 0.335 e. The molecule has 0 saturated heterocycles. The zero-order valence-electron chi connectivity index (χ0n) is 9.68. The predicted octanol–water partition coefficient (Wildman–Crippen LogP) is 3.63. The lowest BCUT2D eigenvalue weighted by Gasteiger charge is -1.99. The number of hydrogen-bond donors (Lipinski definition) is 1. The highest BCUT2D eigenvalue weighted by atomic mass is 32.1. The Morgan fingerprint density at radius 3 is 2.76 bits per heavy atom. The molecule has 1 aromatic heterocycles. The molecule has 4 heteroatoms. The third kappa shape index (κ3) is 2.53. The molecule has 1 aromatic carbocycles. The van der Waals surface area contributed by atoms with Crippen molar-refractivity contribution in [3.63, 3.8) is 0 Å². The van der Waals surface area contributed by atoms with E-state index < -0.39 is 5.97 Å². The van der Waals surface area contributed by atoms with Crippen molar-refractivity contribution in [2.24, 2.45) is 0 Å². The summed E-state index contributed by atoms with van der Waals surface area (Å²) in [5.41, 5.74) is 2.20. The van der Waals surface area contributed by atoms with Crippen molar-refractivity contribution in [3.05, 3.63) is 40.9 Å². The van der Waals surface area contributed by atoms with E-state index in [9.17, 15) is 4.79 Å². The van der Waals surface area contributed by atoms with Gasteiger partial charge in [0.2, 0.25) is 0 Å². The Kier molecular flexibility index (Phi) is 3.24. The topological polar surface area (TPSA) is 50.2 Å². The lowest BCUT2D eigenvalue weighted by Crippen LogP contribution is -1.95. The molecular formula is C13H13NO2S. The first kappa shape index (κ1) is 11.8. The standard InChI is InChI=1S/C13H13NO2S/c1-8(2)11-7-17-12(14-11)9-4-3-5-10(6-9)13(15)16/h3-8H,1-2H3,(H,15,16). The van der Waals surface area contributed by atoms with Gasteiger partial charge in [-0.25, -0.2) is 9.78 Å². The molecule has 2 rings (SSSR count). The van der Waals surface area contributed by atoms with E-state index in [1.165, 1.54) is 0 Å². The summed E-state index contributed by atoms with van der Waals surface area (Å²) in [5.74, 6) is -0.518. The van der Waals surface area contributed by atoms with Crippen molar-refractivity contribution < 1.29 is 9.90 Å². The highest BCUT2D eigenvalue weighted by Gasteiger charge is 2.09. The lowest BCUT2D eigenvalue weighted by molar-refractivity contribution is 0.0697. The molecule has 0 amide bonds. The molecule has 0 radical (unpaired) electrons. The third-order valence-corrected chi connectivity index (χ3v) is 3.38. The van der Waals surface area contributed by atoms with E-state index >= 15 is 0 Å². The Morgan fingerprint density at radius 2 is 2.18 bits per heavy atom. The van der Waals surface area contributed by atoms with E-state index in [2.05, 4.69) is 18.8 Å². The molecule has 3 nitrogen and oxygen atoms in total. The molecule has 1 N–H and O–H groups in total. The van der Waals surface area contributed by atoms with Crippen LogP contribution in [0.4, 0.5) is 0 Å². The van der Waals surface area contributed by atoms with Gasteiger partial charge in [-0.1, -0.05) is 26.0 Å². The highest BCUT2D eigenvalue weighted by molar-refractivity contribution is 7.13. The summed E-state index contributed by atoms with van der Waals surface area (Å²) in [6.07, 6.45) is 0. The number of carbonyl (C=O) groups is 1. The van der Waals surface area contributed by atoms with Crippen LogP contribution in [0.1, 0.15) is 35.8 Å². The second-order valence-corrected chi connectivity index (χ2v) is 4.98. The molecule has 0 aliphatic heterocycles. The quantitative estimate of drug-likeness (QED) is 0.901. The van der Waals surface area contributed by atoms with Crippen molar-refractivity contribution >= 4 is 17.3 Å². The van der Waals surface area contributed by atoms with Gasteiger partial charge in [0, 0.05) is 10.9 Å². The molecule has 0 aliphatic rings. The molecule has 0 aliphatic carbocycles. The molecular weight excluding hydrogens is 234 g/mol.